The Morgan fingerprint density at radius 3 is 2.65 bits per heavy atom. The van der Waals surface area contributed by atoms with Gasteiger partial charge in [0.1, 0.15) is 5.54 Å². The van der Waals surface area contributed by atoms with E-state index in [2.05, 4.69) is 10.3 Å². The maximum atomic E-state index is 12.8. The van der Waals surface area contributed by atoms with Crippen LogP contribution >= 0.6 is 11.6 Å². The summed E-state index contributed by atoms with van der Waals surface area (Å²) in [7, 11) is 0. The number of pyridine rings is 1. The van der Waals surface area contributed by atoms with Crippen LogP contribution in [0.25, 0.3) is 0 Å². The minimum atomic E-state index is -1.08. The highest BCUT2D eigenvalue weighted by atomic mass is 35.5. The zero-order valence-corrected chi connectivity index (χ0v) is 13.4. The van der Waals surface area contributed by atoms with Gasteiger partial charge in [0.05, 0.1) is 0 Å². The molecule has 1 fully saturated rings. The van der Waals surface area contributed by atoms with Crippen molar-refractivity contribution in [3.05, 3.63) is 64.9 Å². The smallest absolute Gasteiger partial charge is 0.319 e. The first-order valence-corrected chi connectivity index (χ1v) is 7.67. The fourth-order valence-corrected chi connectivity index (χ4v) is 2.88. The molecule has 0 unspecified atom stereocenters. The lowest BCUT2D eigenvalue weighted by Crippen LogP contribution is -2.41. The van der Waals surface area contributed by atoms with E-state index in [0.717, 1.165) is 5.56 Å². The average molecular weight is 330 g/mol. The van der Waals surface area contributed by atoms with Crippen LogP contribution in [0.3, 0.4) is 0 Å². The van der Waals surface area contributed by atoms with E-state index in [0.29, 0.717) is 23.6 Å². The number of hydrogen-bond acceptors (Lipinski definition) is 3. The number of carbonyl (C=O) groups is 2. The Bertz CT molecular complexity index is 751. The van der Waals surface area contributed by atoms with Gasteiger partial charge in [-0.3, -0.25) is 14.7 Å². The predicted molar refractivity (Wildman–Crippen MR) is 87.0 cm³/mol. The number of halogens is 1. The van der Waals surface area contributed by atoms with Crippen molar-refractivity contribution >= 4 is 23.5 Å². The molecular weight excluding hydrogens is 314 g/mol. The minimum Gasteiger partial charge on any atom is -0.319 e. The topological polar surface area (TPSA) is 62.3 Å². The number of nitrogens with zero attached hydrogens (tertiary/aromatic N) is 2. The lowest BCUT2D eigenvalue weighted by atomic mass is 9.92. The summed E-state index contributed by atoms with van der Waals surface area (Å²) in [6.07, 6.45) is 3.97. The van der Waals surface area contributed by atoms with Crippen LogP contribution in [0.1, 0.15) is 18.1 Å². The molecule has 1 aromatic heterocycles. The first-order chi connectivity index (χ1) is 11.0. The van der Waals surface area contributed by atoms with Crippen molar-refractivity contribution in [3.8, 4) is 0 Å². The maximum Gasteiger partial charge on any atom is 0.325 e. The normalized spacial score (nSPS) is 20.7. The molecular formula is C17H16ClN3O2. The molecule has 0 bridgehead atoms. The van der Waals surface area contributed by atoms with Crippen molar-refractivity contribution in [2.24, 2.45) is 0 Å². The van der Waals surface area contributed by atoms with Crippen LogP contribution in [0.5, 0.6) is 0 Å². The summed E-state index contributed by atoms with van der Waals surface area (Å²) in [6, 6.07) is 10.3. The van der Waals surface area contributed by atoms with E-state index in [4.69, 9.17) is 11.6 Å². The average Bonchev–Trinajstić information content (AvgIpc) is 2.77. The van der Waals surface area contributed by atoms with Gasteiger partial charge in [-0.05, 0) is 48.7 Å². The van der Waals surface area contributed by atoms with Gasteiger partial charge in [0.2, 0.25) is 0 Å². The fourth-order valence-electron chi connectivity index (χ4n) is 2.69. The van der Waals surface area contributed by atoms with E-state index in [1.807, 2.05) is 12.1 Å². The van der Waals surface area contributed by atoms with E-state index in [9.17, 15) is 9.59 Å². The highest BCUT2D eigenvalue weighted by Crippen LogP contribution is 2.30. The van der Waals surface area contributed by atoms with Crippen molar-refractivity contribution in [3.63, 3.8) is 0 Å². The molecule has 1 atom stereocenters. The molecule has 6 heteroatoms. The van der Waals surface area contributed by atoms with Crippen molar-refractivity contribution < 1.29 is 9.59 Å². The third-order valence-corrected chi connectivity index (χ3v) is 4.29. The number of carbonyl (C=O) groups excluding carboxylic acids is 2. The van der Waals surface area contributed by atoms with Gasteiger partial charge in [-0.25, -0.2) is 4.79 Å². The van der Waals surface area contributed by atoms with Gasteiger partial charge < -0.3 is 5.32 Å². The van der Waals surface area contributed by atoms with Crippen molar-refractivity contribution in [2.45, 2.75) is 18.9 Å². The van der Waals surface area contributed by atoms with E-state index in [1.54, 1.807) is 43.6 Å². The molecule has 0 aliphatic carbocycles. The molecule has 118 valence electrons. The molecule has 0 radical (unpaired) electrons. The largest absolute Gasteiger partial charge is 0.325 e. The molecule has 1 aliphatic heterocycles. The number of imide groups is 1. The number of aromatic nitrogens is 1. The van der Waals surface area contributed by atoms with Crippen molar-refractivity contribution in [1.29, 1.82) is 0 Å². The summed E-state index contributed by atoms with van der Waals surface area (Å²) in [5.41, 5.74) is 0.618. The molecule has 2 heterocycles. The van der Waals surface area contributed by atoms with Crippen molar-refractivity contribution in [1.82, 2.24) is 15.2 Å². The number of hydrogen-bond donors (Lipinski definition) is 1. The van der Waals surface area contributed by atoms with Gasteiger partial charge in [-0.15, -0.1) is 0 Å². The zero-order chi connectivity index (χ0) is 16.4. The van der Waals surface area contributed by atoms with Gasteiger partial charge >= 0.3 is 6.03 Å². The number of benzene rings is 1. The molecule has 0 spiro atoms. The number of urea groups is 1. The van der Waals surface area contributed by atoms with Crippen molar-refractivity contribution in [2.75, 3.05) is 6.54 Å². The van der Waals surface area contributed by atoms with Crippen LogP contribution in [-0.2, 0) is 16.8 Å². The predicted octanol–water partition coefficient (Wildman–Crippen LogP) is 2.74. The Balaban J connectivity index is 1.79. The Morgan fingerprint density at radius 2 is 1.96 bits per heavy atom. The van der Waals surface area contributed by atoms with Gasteiger partial charge in [-0.2, -0.15) is 0 Å². The second-order valence-corrected chi connectivity index (χ2v) is 6.06. The summed E-state index contributed by atoms with van der Waals surface area (Å²) in [6.45, 7) is 2.02. The Kier molecular flexibility index (Phi) is 4.05. The second kappa shape index (κ2) is 6.01. The summed E-state index contributed by atoms with van der Waals surface area (Å²) < 4.78 is 0. The summed E-state index contributed by atoms with van der Waals surface area (Å²) in [5, 5.41) is 3.31. The molecule has 1 N–H and O–H groups in total. The minimum absolute atomic E-state index is 0.265. The van der Waals surface area contributed by atoms with E-state index in [1.165, 1.54) is 4.90 Å². The molecule has 0 saturated carbocycles. The lowest BCUT2D eigenvalue weighted by Gasteiger charge is -2.22. The van der Waals surface area contributed by atoms with E-state index >= 15 is 0 Å². The summed E-state index contributed by atoms with van der Waals surface area (Å²) in [5.74, 6) is -0.265. The quantitative estimate of drug-likeness (QED) is 0.877. The van der Waals surface area contributed by atoms with Crippen LogP contribution < -0.4 is 5.32 Å². The molecule has 1 saturated heterocycles. The number of amides is 3. The first kappa shape index (κ1) is 15.5. The molecule has 1 aromatic carbocycles. The lowest BCUT2D eigenvalue weighted by molar-refractivity contribution is -0.131. The molecule has 3 amide bonds. The van der Waals surface area contributed by atoms with Crippen LogP contribution in [0.2, 0.25) is 5.02 Å². The van der Waals surface area contributed by atoms with Crippen LogP contribution in [0, 0.1) is 0 Å². The van der Waals surface area contributed by atoms with Gasteiger partial charge in [-0.1, -0.05) is 23.7 Å². The molecule has 3 rings (SSSR count). The zero-order valence-electron chi connectivity index (χ0n) is 12.6. The summed E-state index contributed by atoms with van der Waals surface area (Å²) >= 11 is 6.00. The van der Waals surface area contributed by atoms with Crippen LogP contribution in [0.15, 0.2) is 48.8 Å². The van der Waals surface area contributed by atoms with Gasteiger partial charge in [0.25, 0.3) is 5.91 Å². The number of rotatable bonds is 4. The maximum absolute atomic E-state index is 12.8. The molecule has 23 heavy (non-hydrogen) atoms. The molecule has 5 nitrogen and oxygen atoms in total. The Morgan fingerprint density at radius 1 is 1.22 bits per heavy atom. The fraction of sp³-hybridized carbons (Fsp3) is 0.235. The van der Waals surface area contributed by atoms with Crippen LogP contribution in [0.4, 0.5) is 4.79 Å². The number of nitrogens with one attached hydrogen (secondary N) is 1. The van der Waals surface area contributed by atoms with Gasteiger partial charge in [0.15, 0.2) is 0 Å². The SMILES string of the molecule is C[C@]1(c2cccc(Cl)c2)NC(=O)N(CCc2ccncc2)C1=O. The van der Waals surface area contributed by atoms with E-state index < -0.39 is 5.54 Å². The third-order valence-electron chi connectivity index (χ3n) is 4.05. The third kappa shape index (κ3) is 2.92. The monoisotopic (exact) mass is 329 g/mol. The Hall–Kier alpha value is -2.40. The highest BCUT2D eigenvalue weighted by Gasteiger charge is 2.48. The highest BCUT2D eigenvalue weighted by molar-refractivity contribution is 6.30. The van der Waals surface area contributed by atoms with Crippen LogP contribution in [-0.4, -0.2) is 28.4 Å². The van der Waals surface area contributed by atoms with Gasteiger partial charge in [0, 0.05) is 24.0 Å². The second-order valence-electron chi connectivity index (χ2n) is 5.63. The first-order valence-electron chi connectivity index (χ1n) is 7.30. The standard InChI is InChI=1S/C17H16ClN3O2/c1-17(13-3-2-4-14(18)11-13)15(22)21(16(23)20-17)10-7-12-5-8-19-9-6-12/h2-6,8-9,11H,7,10H2,1H3,(H,20,23)/t17-/m1/s1. The summed E-state index contributed by atoms with van der Waals surface area (Å²) in [4.78, 5) is 30.2. The Labute approximate surface area is 139 Å². The van der Waals surface area contributed by atoms with E-state index in [-0.39, 0.29) is 11.9 Å². The molecule has 1 aliphatic rings. The molecule has 2 aromatic rings.